The fourth-order valence-corrected chi connectivity index (χ4v) is 3.53. The standard InChI is InChI=1S/C10H21NO.C5H7NO3.CH2O/c1-8-6-9(2,3)11(12)10(4,5)7-8;1-9-6-4(7)2-3-5(6)8;1-2/h8,12H,6-7H2,1-5H3;2-3H2,1H3;1H2. The number of imide groups is 1. The molecule has 134 valence electrons. The van der Waals surface area contributed by atoms with Crippen LogP contribution in [0, 0.1) is 5.92 Å². The van der Waals surface area contributed by atoms with Gasteiger partial charge in [0, 0.05) is 23.9 Å². The van der Waals surface area contributed by atoms with Gasteiger partial charge >= 0.3 is 0 Å². The molecule has 0 atom stereocenters. The molecule has 0 saturated carbocycles. The minimum Gasteiger partial charge on any atom is -0.313 e. The fourth-order valence-electron chi connectivity index (χ4n) is 3.53. The van der Waals surface area contributed by atoms with Crippen molar-refractivity contribution < 1.29 is 24.4 Å². The summed E-state index contributed by atoms with van der Waals surface area (Å²) in [6.07, 6.45) is 2.72. The summed E-state index contributed by atoms with van der Waals surface area (Å²) < 4.78 is 0. The largest absolute Gasteiger partial charge is 0.313 e. The van der Waals surface area contributed by atoms with Gasteiger partial charge in [0.1, 0.15) is 6.79 Å². The summed E-state index contributed by atoms with van der Waals surface area (Å²) in [6.45, 7) is 12.7. The molecule has 0 aromatic carbocycles. The van der Waals surface area contributed by atoms with Crippen LogP contribution < -0.4 is 0 Å². The van der Waals surface area contributed by atoms with Crippen molar-refractivity contribution in [1.29, 1.82) is 0 Å². The van der Waals surface area contributed by atoms with Gasteiger partial charge in [-0.3, -0.25) is 14.4 Å². The molecule has 23 heavy (non-hydrogen) atoms. The number of amides is 2. The molecule has 0 aromatic rings. The molecule has 7 heteroatoms. The van der Waals surface area contributed by atoms with E-state index in [9.17, 15) is 14.8 Å². The van der Waals surface area contributed by atoms with Crippen LogP contribution in [-0.2, 0) is 19.2 Å². The molecule has 2 rings (SSSR count). The second-order valence-electron chi connectivity index (χ2n) is 7.21. The Morgan fingerprint density at radius 3 is 1.65 bits per heavy atom. The summed E-state index contributed by atoms with van der Waals surface area (Å²) in [5.74, 6) is 0.211. The van der Waals surface area contributed by atoms with Gasteiger partial charge in [0.2, 0.25) is 0 Å². The number of nitrogens with zero attached hydrogens (tertiary/aromatic N) is 2. The Bertz CT molecular complexity index is 389. The summed E-state index contributed by atoms with van der Waals surface area (Å²) in [5.41, 5.74) is -0.137. The van der Waals surface area contributed by atoms with E-state index in [0.717, 1.165) is 17.9 Å². The van der Waals surface area contributed by atoms with Crippen LogP contribution in [0.5, 0.6) is 0 Å². The summed E-state index contributed by atoms with van der Waals surface area (Å²) in [4.78, 5) is 33.7. The SMILES string of the molecule is C=O.CC1CC(C)(C)N(O)C(C)(C)C1.CON1C(=O)CCC1=O. The van der Waals surface area contributed by atoms with E-state index in [-0.39, 0.29) is 35.7 Å². The maximum Gasteiger partial charge on any atom is 0.253 e. The Labute approximate surface area is 138 Å². The third kappa shape index (κ3) is 5.67. The van der Waals surface area contributed by atoms with Crippen molar-refractivity contribution in [2.45, 2.75) is 71.4 Å². The number of piperidine rings is 1. The van der Waals surface area contributed by atoms with E-state index in [2.05, 4.69) is 39.5 Å². The Balaban J connectivity index is 0.000000392. The van der Waals surface area contributed by atoms with Crippen molar-refractivity contribution in [3.8, 4) is 0 Å². The zero-order valence-corrected chi connectivity index (χ0v) is 15.1. The van der Waals surface area contributed by atoms with E-state index in [0.29, 0.717) is 5.92 Å². The highest BCUT2D eigenvalue weighted by Gasteiger charge is 2.43. The number of hydroxylamine groups is 4. The molecule has 2 amide bonds. The quantitative estimate of drug-likeness (QED) is 0.742. The van der Waals surface area contributed by atoms with Crippen molar-refractivity contribution >= 4 is 18.6 Å². The molecule has 2 aliphatic heterocycles. The first kappa shape index (κ1) is 21.7. The Kier molecular flexibility index (Phi) is 8.03. The van der Waals surface area contributed by atoms with Gasteiger partial charge in [-0.2, -0.15) is 10.1 Å². The third-order valence-electron chi connectivity index (χ3n) is 4.03. The lowest BCUT2D eigenvalue weighted by Crippen LogP contribution is -2.58. The molecule has 7 nitrogen and oxygen atoms in total. The van der Waals surface area contributed by atoms with Gasteiger partial charge in [-0.1, -0.05) is 6.92 Å². The zero-order chi connectivity index (χ0) is 18.4. The molecule has 1 N–H and O–H groups in total. The lowest BCUT2D eigenvalue weighted by Gasteiger charge is -2.50. The average molecular weight is 330 g/mol. The highest BCUT2D eigenvalue weighted by atomic mass is 16.7. The number of carbonyl (C=O) groups excluding carboxylic acids is 3. The van der Waals surface area contributed by atoms with E-state index < -0.39 is 0 Å². The molecule has 0 bridgehead atoms. The van der Waals surface area contributed by atoms with Gasteiger partial charge in [-0.25, -0.2) is 0 Å². The maximum atomic E-state index is 10.6. The van der Waals surface area contributed by atoms with Crippen molar-refractivity contribution in [2.24, 2.45) is 5.92 Å². The van der Waals surface area contributed by atoms with Crippen LogP contribution in [0.1, 0.15) is 60.3 Å². The van der Waals surface area contributed by atoms with Crippen LogP contribution in [-0.4, -0.2) is 52.1 Å². The van der Waals surface area contributed by atoms with Crippen LogP contribution in [0.3, 0.4) is 0 Å². The molecule has 2 aliphatic rings. The topological polar surface area (TPSA) is 87.2 Å². The molecule has 0 radical (unpaired) electrons. The number of carbonyl (C=O) groups is 3. The molecule has 0 aliphatic carbocycles. The molecule has 2 heterocycles. The highest BCUT2D eigenvalue weighted by molar-refractivity contribution is 6.00. The first-order valence-electron chi connectivity index (χ1n) is 7.69. The van der Waals surface area contributed by atoms with Crippen LogP contribution in [0.15, 0.2) is 0 Å². The molecular formula is C16H30N2O5. The maximum absolute atomic E-state index is 10.6. The minimum absolute atomic E-state index is 0.0683. The second kappa shape index (κ2) is 8.52. The predicted octanol–water partition coefficient (Wildman–Crippen LogP) is 2.18. The number of hydrogen-bond donors (Lipinski definition) is 1. The van der Waals surface area contributed by atoms with Crippen molar-refractivity contribution in [1.82, 2.24) is 10.1 Å². The van der Waals surface area contributed by atoms with Gasteiger partial charge in [0.15, 0.2) is 0 Å². The van der Waals surface area contributed by atoms with Gasteiger partial charge in [-0.05, 0) is 46.5 Å². The van der Waals surface area contributed by atoms with Crippen molar-refractivity contribution in [2.75, 3.05) is 7.11 Å². The van der Waals surface area contributed by atoms with E-state index >= 15 is 0 Å². The smallest absolute Gasteiger partial charge is 0.253 e. The zero-order valence-electron chi connectivity index (χ0n) is 15.1. The molecule has 2 saturated heterocycles. The van der Waals surface area contributed by atoms with Crippen LogP contribution in [0.4, 0.5) is 0 Å². The minimum atomic E-state index is -0.248. The lowest BCUT2D eigenvalue weighted by atomic mass is 9.76. The second-order valence-corrected chi connectivity index (χ2v) is 7.21. The average Bonchev–Trinajstić information content (AvgIpc) is 2.77. The van der Waals surface area contributed by atoms with E-state index in [4.69, 9.17) is 4.79 Å². The molecule has 0 spiro atoms. The monoisotopic (exact) mass is 330 g/mol. The first-order valence-corrected chi connectivity index (χ1v) is 7.69. The summed E-state index contributed by atoms with van der Waals surface area (Å²) in [7, 11) is 1.31. The number of rotatable bonds is 1. The molecule has 0 unspecified atom stereocenters. The van der Waals surface area contributed by atoms with E-state index in [1.807, 2.05) is 6.79 Å². The molecular weight excluding hydrogens is 300 g/mol. The fraction of sp³-hybridized carbons (Fsp3) is 0.812. The summed E-state index contributed by atoms with van der Waals surface area (Å²) in [5, 5.41) is 12.2. The van der Waals surface area contributed by atoms with Crippen molar-refractivity contribution in [3.63, 3.8) is 0 Å². The normalized spacial score (nSPS) is 23.7. The molecule has 2 fully saturated rings. The van der Waals surface area contributed by atoms with Gasteiger partial charge in [0.25, 0.3) is 11.8 Å². The predicted molar refractivity (Wildman–Crippen MR) is 85.4 cm³/mol. The number of hydrogen-bond acceptors (Lipinski definition) is 6. The van der Waals surface area contributed by atoms with Crippen molar-refractivity contribution in [3.05, 3.63) is 0 Å². The van der Waals surface area contributed by atoms with Gasteiger partial charge in [-0.15, -0.1) is 0 Å². The van der Waals surface area contributed by atoms with E-state index in [1.165, 1.54) is 12.2 Å². The lowest BCUT2D eigenvalue weighted by molar-refractivity contribution is -0.249. The Morgan fingerprint density at radius 1 is 1.04 bits per heavy atom. The highest BCUT2D eigenvalue weighted by Crippen LogP contribution is 2.39. The van der Waals surface area contributed by atoms with Gasteiger partial charge < -0.3 is 10.0 Å². The van der Waals surface area contributed by atoms with Crippen LogP contribution in [0.25, 0.3) is 0 Å². The third-order valence-corrected chi connectivity index (χ3v) is 4.03. The van der Waals surface area contributed by atoms with Gasteiger partial charge in [0.05, 0.1) is 7.11 Å². The Hall–Kier alpha value is -1.31. The van der Waals surface area contributed by atoms with Crippen LogP contribution >= 0.6 is 0 Å². The van der Waals surface area contributed by atoms with Crippen LogP contribution in [0.2, 0.25) is 0 Å². The Morgan fingerprint density at radius 2 is 1.39 bits per heavy atom. The first-order chi connectivity index (χ1) is 10.5. The van der Waals surface area contributed by atoms with E-state index in [1.54, 1.807) is 0 Å². The molecule has 0 aromatic heterocycles. The summed E-state index contributed by atoms with van der Waals surface area (Å²) in [6, 6.07) is 0. The summed E-state index contributed by atoms with van der Waals surface area (Å²) >= 11 is 0.